The monoisotopic (exact) mass is 384 g/mol. The number of carbonyl (C=O) groups excluding carboxylic acids is 1. The van der Waals surface area contributed by atoms with Crippen LogP contribution < -0.4 is 10.2 Å². The first kappa shape index (κ1) is 19.6. The van der Waals surface area contributed by atoms with E-state index < -0.39 is 5.54 Å². The predicted molar refractivity (Wildman–Crippen MR) is 112 cm³/mol. The minimum Gasteiger partial charge on any atom is -0.356 e. The first-order chi connectivity index (χ1) is 12.9. The summed E-state index contributed by atoms with van der Waals surface area (Å²) in [6.07, 6.45) is 10.5. The molecule has 6 heteroatoms. The molecular formula is C21H28N4OS. The topological polar surface area (TPSA) is 58.1 Å². The van der Waals surface area contributed by atoms with Gasteiger partial charge in [-0.2, -0.15) is 0 Å². The summed E-state index contributed by atoms with van der Waals surface area (Å²) in [5.41, 5.74) is 0.744. The Morgan fingerprint density at radius 2 is 2.00 bits per heavy atom. The first-order valence-corrected chi connectivity index (χ1v) is 10.5. The highest BCUT2D eigenvalue weighted by atomic mass is 32.1. The number of amides is 1. The molecule has 1 saturated heterocycles. The molecule has 144 valence electrons. The maximum Gasteiger partial charge on any atom is 0.224 e. The van der Waals surface area contributed by atoms with Crippen molar-refractivity contribution < 1.29 is 4.79 Å². The van der Waals surface area contributed by atoms with Crippen LogP contribution in [0.2, 0.25) is 0 Å². The number of piperidine rings is 1. The van der Waals surface area contributed by atoms with E-state index in [1.807, 2.05) is 13.8 Å². The molecule has 27 heavy (non-hydrogen) atoms. The van der Waals surface area contributed by atoms with Gasteiger partial charge in [0.25, 0.3) is 0 Å². The van der Waals surface area contributed by atoms with Gasteiger partial charge in [-0.25, -0.2) is 9.97 Å². The number of aryl methyl sites for hydroxylation is 2. The number of aromatic nitrogens is 2. The molecule has 0 bridgehead atoms. The molecule has 2 aromatic heterocycles. The van der Waals surface area contributed by atoms with E-state index in [9.17, 15) is 4.79 Å². The quantitative estimate of drug-likeness (QED) is 0.796. The molecule has 0 atom stereocenters. The van der Waals surface area contributed by atoms with E-state index in [1.54, 1.807) is 17.7 Å². The second kappa shape index (κ2) is 7.85. The highest BCUT2D eigenvalue weighted by Crippen LogP contribution is 2.35. The first-order valence-electron chi connectivity index (χ1n) is 9.70. The van der Waals surface area contributed by atoms with E-state index in [0.717, 1.165) is 54.8 Å². The van der Waals surface area contributed by atoms with Crippen LogP contribution >= 0.6 is 11.3 Å². The minimum absolute atomic E-state index is 0.00899. The van der Waals surface area contributed by atoms with Crippen LogP contribution in [-0.2, 0) is 4.79 Å². The lowest BCUT2D eigenvalue weighted by atomic mass is 9.90. The van der Waals surface area contributed by atoms with E-state index in [1.165, 1.54) is 10.4 Å². The van der Waals surface area contributed by atoms with E-state index >= 15 is 0 Å². The van der Waals surface area contributed by atoms with Crippen molar-refractivity contribution in [2.75, 3.05) is 18.0 Å². The van der Waals surface area contributed by atoms with Crippen LogP contribution in [0.25, 0.3) is 10.2 Å². The maximum atomic E-state index is 12.8. The van der Waals surface area contributed by atoms with Gasteiger partial charge in [-0.1, -0.05) is 19.8 Å². The predicted octanol–water partition coefficient (Wildman–Crippen LogP) is 3.83. The third-order valence-electron chi connectivity index (χ3n) is 5.96. The average Bonchev–Trinajstić information content (AvgIpc) is 3.00. The molecular weight excluding hydrogens is 356 g/mol. The zero-order chi connectivity index (χ0) is 19.6. The lowest BCUT2D eigenvalue weighted by Crippen LogP contribution is -2.50. The van der Waals surface area contributed by atoms with Crippen LogP contribution in [0.5, 0.6) is 0 Å². The van der Waals surface area contributed by atoms with E-state index in [2.05, 4.69) is 40.0 Å². The molecule has 1 aliphatic heterocycles. The second-order valence-corrected chi connectivity index (χ2v) is 8.55. The normalized spacial score (nSPS) is 15.7. The Morgan fingerprint density at radius 3 is 2.59 bits per heavy atom. The van der Waals surface area contributed by atoms with E-state index in [0.29, 0.717) is 0 Å². The Morgan fingerprint density at radius 1 is 1.33 bits per heavy atom. The number of hydrogen-bond donors (Lipinski definition) is 1. The Kier molecular flexibility index (Phi) is 5.71. The zero-order valence-electron chi connectivity index (χ0n) is 16.6. The zero-order valence-corrected chi connectivity index (χ0v) is 17.4. The van der Waals surface area contributed by atoms with Crippen molar-refractivity contribution in [1.29, 1.82) is 0 Å². The summed E-state index contributed by atoms with van der Waals surface area (Å²) in [5.74, 6) is 3.89. The molecule has 1 amide bonds. The number of hydrogen-bond acceptors (Lipinski definition) is 5. The van der Waals surface area contributed by atoms with E-state index in [-0.39, 0.29) is 11.8 Å². The molecule has 0 aliphatic carbocycles. The lowest BCUT2D eigenvalue weighted by molar-refractivity contribution is -0.127. The van der Waals surface area contributed by atoms with E-state index in [4.69, 9.17) is 6.42 Å². The molecule has 0 unspecified atom stereocenters. The summed E-state index contributed by atoms with van der Waals surface area (Å²) in [6.45, 7) is 9.95. The van der Waals surface area contributed by atoms with Crippen LogP contribution in [0.4, 0.5) is 5.82 Å². The molecule has 0 saturated carbocycles. The SMILES string of the molecule is C#CC(CC)(CC)NC(=O)C1CCN(c2ncnc3sc(C)c(C)c23)CC1. The highest BCUT2D eigenvalue weighted by molar-refractivity contribution is 7.18. The van der Waals surface area contributed by atoms with Crippen molar-refractivity contribution in [3.63, 3.8) is 0 Å². The molecule has 5 nitrogen and oxygen atoms in total. The van der Waals surface area contributed by atoms with Crippen molar-refractivity contribution in [2.24, 2.45) is 5.92 Å². The summed E-state index contributed by atoms with van der Waals surface area (Å²) in [6, 6.07) is 0. The van der Waals surface area contributed by atoms with Crippen molar-refractivity contribution >= 4 is 33.3 Å². The molecule has 1 N–H and O–H groups in total. The van der Waals surface area contributed by atoms with Gasteiger partial charge in [0.2, 0.25) is 5.91 Å². The molecule has 1 fully saturated rings. The van der Waals surface area contributed by atoms with Crippen molar-refractivity contribution in [1.82, 2.24) is 15.3 Å². The van der Waals surface area contributed by atoms with Gasteiger partial charge in [0.05, 0.1) is 5.39 Å². The number of terminal acetylenes is 1. The fourth-order valence-electron chi connectivity index (χ4n) is 3.76. The third-order valence-corrected chi connectivity index (χ3v) is 7.07. The fraction of sp³-hybridized carbons (Fsp3) is 0.571. The molecule has 2 aromatic rings. The summed E-state index contributed by atoms with van der Waals surface area (Å²) in [5, 5.41) is 4.29. The smallest absolute Gasteiger partial charge is 0.224 e. The van der Waals surface area contributed by atoms with Gasteiger partial charge in [0, 0.05) is 23.9 Å². The molecule has 1 aliphatic rings. The number of nitrogens with one attached hydrogen (secondary N) is 1. The van der Waals surface area contributed by atoms with Crippen molar-refractivity contribution in [3.05, 3.63) is 16.8 Å². The summed E-state index contributed by atoms with van der Waals surface area (Å²) < 4.78 is 0. The van der Waals surface area contributed by atoms with Crippen molar-refractivity contribution in [2.45, 2.75) is 58.9 Å². The number of rotatable bonds is 5. The Balaban J connectivity index is 1.71. The number of carbonyl (C=O) groups is 1. The van der Waals surface area contributed by atoms with Crippen molar-refractivity contribution in [3.8, 4) is 12.3 Å². The Hall–Kier alpha value is -2.13. The summed E-state index contributed by atoms with van der Waals surface area (Å²) >= 11 is 1.72. The second-order valence-electron chi connectivity index (χ2n) is 7.34. The van der Waals surface area contributed by atoms with Gasteiger partial charge >= 0.3 is 0 Å². The molecule has 3 heterocycles. The van der Waals surface area contributed by atoms with Gasteiger partial charge in [-0.05, 0) is 45.1 Å². The lowest BCUT2D eigenvalue weighted by Gasteiger charge is -2.35. The Bertz CT molecular complexity index is 870. The minimum atomic E-state index is -0.516. The molecule has 0 radical (unpaired) electrons. The van der Waals surface area contributed by atoms with Gasteiger partial charge in [0.15, 0.2) is 0 Å². The Labute approximate surface area is 165 Å². The van der Waals surface area contributed by atoms with Gasteiger partial charge in [0.1, 0.15) is 22.5 Å². The number of nitrogens with zero attached hydrogens (tertiary/aromatic N) is 3. The van der Waals surface area contributed by atoms with Crippen LogP contribution in [0, 0.1) is 32.1 Å². The standard InChI is InChI=1S/C21H28N4OS/c1-6-21(7-2,8-3)24-19(26)16-9-11-25(12-10-16)18-17-14(4)15(5)27-20(17)23-13-22-18/h1,13,16H,7-12H2,2-5H3,(H,24,26). The summed E-state index contributed by atoms with van der Waals surface area (Å²) in [4.78, 5) is 26.4. The van der Waals surface area contributed by atoms with Crippen LogP contribution in [0.1, 0.15) is 50.0 Å². The number of fused-ring (bicyclic) bond motifs is 1. The third kappa shape index (κ3) is 3.66. The van der Waals surface area contributed by atoms with Gasteiger partial charge < -0.3 is 10.2 Å². The van der Waals surface area contributed by atoms with Crippen LogP contribution in [0.3, 0.4) is 0 Å². The summed E-state index contributed by atoms with van der Waals surface area (Å²) in [7, 11) is 0. The number of thiophene rings is 1. The largest absolute Gasteiger partial charge is 0.356 e. The fourth-order valence-corrected chi connectivity index (χ4v) is 4.75. The molecule has 0 spiro atoms. The number of anilines is 1. The highest BCUT2D eigenvalue weighted by Gasteiger charge is 2.32. The van der Waals surface area contributed by atoms with Gasteiger partial charge in [-0.15, -0.1) is 17.8 Å². The molecule has 3 rings (SSSR count). The molecule has 0 aromatic carbocycles. The average molecular weight is 385 g/mol. The van der Waals surface area contributed by atoms with Gasteiger partial charge in [-0.3, -0.25) is 4.79 Å². The maximum absolute atomic E-state index is 12.8. The van der Waals surface area contributed by atoms with Crippen LogP contribution in [0.15, 0.2) is 6.33 Å². The van der Waals surface area contributed by atoms with Crippen LogP contribution in [-0.4, -0.2) is 34.5 Å².